The number of nitrogens with zero attached hydrogens (tertiary/aromatic N) is 1. The van der Waals surface area contributed by atoms with Crippen molar-refractivity contribution in [1.29, 1.82) is 0 Å². The monoisotopic (exact) mass is 381 g/mol. The Labute approximate surface area is 164 Å². The number of carbonyl (C=O) groups excluding carboxylic acids is 3. The molecule has 1 aliphatic heterocycles. The summed E-state index contributed by atoms with van der Waals surface area (Å²) in [7, 11) is 0. The van der Waals surface area contributed by atoms with Crippen molar-refractivity contribution in [1.82, 2.24) is 4.90 Å². The lowest BCUT2D eigenvalue weighted by Gasteiger charge is -2.15. The molecule has 0 radical (unpaired) electrons. The SMILES string of the molecule is CC(=O)c1ccccc1OCCOC(=O)c1ccc(CN2CCCC2=O)cc1. The minimum Gasteiger partial charge on any atom is -0.489 e. The highest BCUT2D eigenvalue weighted by Crippen LogP contribution is 2.18. The van der Waals surface area contributed by atoms with Crippen molar-refractivity contribution in [3.05, 3.63) is 65.2 Å². The van der Waals surface area contributed by atoms with Crippen molar-refractivity contribution in [2.45, 2.75) is 26.3 Å². The lowest BCUT2D eigenvalue weighted by atomic mass is 10.1. The van der Waals surface area contributed by atoms with Crippen LogP contribution in [0.1, 0.15) is 46.0 Å². The van der Waals surface area contributed by atoms with E-state index in [1.165, 1.54) is 6.92 Å². The molecule has 0 spiro atoms. The number of ether oxygens (including phenoxy) is 2. The molecule has 1 saturated heterocycles. The molecule has 6 nitrogen and oxygen atoms in total. The topological polar surface area (TPSA) is 72.9 Å². The van der Waals surface area contributed by atoms with Gasteiger partial charge in [-0.25, -0.2) is 4.79 Å². The lowest BCUT2D eigenvalue weighted by molar-refractivity contribution is -0.128. The molecule has 1 amide bonds. The molecule has 0 N–H and O–H groups in total. The van der Waals surface area contributed by atoms with E-state index in [0.717, 1.165) is 18.5 Å². The molecule has 0 saturated carbocycles. The Morgan fingerprint density at radius 3 is 2.46 bits per heavy atom. The molecule has 28 heavy (non-hydrogen) atoms. The lowest BCUT2D eigenvalue weighted by Crippen LogP contribution is -2.23. The van der Waals surface area contributed by atoms with Crippen molar-refractivity contribution in [2.24, 2.45) is 0 Å². The largest absolute Gasteiger partial charge is 0.489 e. The van der Waals surface area contributed by atoms with Crippen molar-refractivity contribution >= 4 is 17.7 Å². The highest BCUT2D eigenvalue weighted by Gasteiger charge is 2.20. The number of rotatable bonds is 8. The number of amides is 1. The molecule has 3 rings (SSSR count). The maximum Gasteiger partial charge on any atom is 0.338 e. The molecule has 0 bridgehead atoms. The van der Waals surface area contributed by atoms with Crippen LogP contribution >= 0.6 is 0 Å². The summed E-state index contributed by atoms with van der Waals surface area (Å²) in [5.41, 5.74) is 1.93. The first kappa shape index (κ1) is 19.6. The maximum absolute atomic E-state index is 12.1. The van der Waals surface area contributed by atoms with E-state index in [0.29, 0.717) is 29.8 Å². The highest BCUT2D eigenvalue weighted by atomic mass is 16.6. The van der Waals surface area contributed by atoms with Gasteiger partial charge in [0.1, 0.15) is 19.0 Å². The van der Waals surface area contributed by atoms with E-state index in [9.17, 15) is 14.4 Å². The highest BCUT2D eigenvalue weighted by molar-refractivity contribution is 5.96. The second-order valence-electron chi connectivity index (χ2n) is 6.65. The standard InChI is InChI=1S/C22H23NO5/c1-16(24)19-5-2-3-6-20(19)27-13-14-28-22(26)18-10-8-17(9-11-18)15-23-12-4-7-21(23)25/h2-3,5-6,8-11H,4,7,12-15H2,1H3. The summed E-state index contributed by atoms with van der Waals surface area (Å²) < 4.78 is 10.8. The number of likely N-dealkylation sites (tertiary alicyclic amines) is 1. The zero-order valence-electron chi connectivity index (χ0n) is 15.8. The van der Waals surface area contributed by atoms with E-state index >= 15 is 0 Å². The van der Waals surface area contributed by atoms with Gasteiger partial charge in [0.25, 0.3) is 0 Å². The minimum atomic E-state index is -0.438. The van der Waals surface area contributed by atoms with Crippen LogP contribution in [0.2, 0.25) is 0 Å². The summed E-state index contributed by atoms with van der Waals surface area (Å²) in [6.45, 7) is 3.07. The van der Waals surface area contributed by atoms with Crippen LogP contribution in [0.25, 0.3) is 0 Å². The molecule has 2 aromatic carbocycles. The summed E-state index contributed by atoms with van der Waals surface area (Å²) >= 11 is 0. The summed E-state index contributed by atoms with van der Waals surface area (Å²) in [5.74, 6) is 0.136. The first-order chi connectivity index (χ1) is 13.5. The quantitative estimate of drug-likeness (QED) is 0.399. The van der Waals surface area contributed by atoms with Gasteiger partial charge in [-0.1, -0.05) is 24.3 Å². The minimum absolute atomic E-state index is 0.0785. The summed E-state index contributed by atoms with van der Waals surface area (Å²) in [6, 6.07) is 14.0. The maximum atomic E-state index is 12.1. The van der Waals surface area contributed by atoms with Gasteiger partial charge in [-0.2, -0.15) is 0 Å². The van der Waals surface area contributed by atoms with Gasteiger partial charge in [0.15, 0.2) is 5.78 Å². The molecule has 1 heterocycles. The summed E-state index contributed by atoms with van der Waals surface area (Å²) in [5, 5.41) is 0. The van der Waals surface area contributed by atoms with Crippen LogP contribution in [0, 0.1) is 0 Å². The van der Waals surface area contributed by atoms with Crippen LogP contribution in [0.15, 0.2) is 48.5 Å². The third kappa shape index (κ3) is 4.97. The number of carbonyl (C=O) groups is 3. The predicted octanol–water partition coefficient (Wildman–Crippen LogP) is 3.25. The molecular formula is C22H23NO5. The number of para-hydroxylation sites is 1. The van der Waals surface area contributed by atoms with Crippen molar-refractivity contribution in [2.75, 3.05) is 19.8 Å². The fourth-order valence-corrected chi connectivity index (χ4v) is 3.09. The van der Waals surface area contributed by atoms with Gasteiger partial charge in [-0.15, -0.1) is 0 Å². The Kier molecular flexibility index (Phi) is 6.42. The number of Topliss-reactive ketones (excluding diaryl/α,β-unsaturated/α-hetero) is 1. The van der Waals surface area contributed by atoms with Crippen LogP contribution < -0.4 is 4.74 Å². The molecule has 1 fully saturated rings. The molecule has 0 unspecified atom stereocenters. The van der Waals surface area contributed by atoms with Gasteiger partial charge in [-0.3, -0.25) is 9.59 Å². The number of hydrogen-bond acceptors (Lipinski definition) is 5. The first-order valence-corrected chi connectivity index (χ1v) is 9.31. The zero-order chi connectivity index (χ0) is 19.9. The third-order valence-electron chi connectivity index (χ3n) is 4.57. The number of ketones is 1. The third-order valence-corrected chi connectivity index (χ3v) is 4.57. The van der Waals surface area contributed by atoms with E-state index in [-0.39, 0.29) is 24.9 Å². The normalized spacial score (nSPS) is 13.5. The fraction of sp³-hybridized carbons (Fsp3) is 0.318. The molecule has 1 aliphatic rings. The van der Waals surface area contributed by atoms with Crippen molar-refractivity contribution < 1.29 is 23.9 Å². The Morgan fingerprint density at radius 2 is 1.79 bits per heavy atom. The van der Waals surface area contributed by atoms with Gasteiger partial charge in [0.2, 0.25) is 5.91 Å². The first-order valence-electron chi connectivity index (χ1n) is 9.31. The molecule has 2 aromatic rings. The second kappa shape index (κ2) is 9.17. The zero-order valence-corrected chi connectivity index (χ0v) is 15.8. The average molecular weight is 381 g/mol. The van der Waals surface area contributed by atoms with Gasteiger partial charge >= 0.3 is 5.97 Å². The second-order valence-corrected chi connectivity index (χ2v) is 6.65. The Bertz CT molecular complexity index is 859. The molecule has 146 valence electrons. The van der Waals surface area contributed by atoms with Crippen LogP contribution in [0.4, 0.5) is 0 Å². The Morgan fingerprint density at radius 1 is 1.04 bits per heavy atom. The molecule has 0 aliphatic carbocycles. The van der Waals surface area contributed by atoms with Crippen molar-refractivity contribution in [3.63, 3.8) is 0 Å². The van der Waals surface area contributed by atoms with Gasteiger partial charge in [0.05, 0.1) is 11.1 Å². The predicted molar refractivity (Wildman–Crippen MR) is 103 cm³/mol. The van der Waals surface area contributed by atoms with E-state index in [2.05, 4.69) is 0 Å². The fourth-order valence-electron chi connectivity index (χ4n) is 3.09. The number of esters is 1. The molecule has 0 aromatic heterocycles. The van der Waals surface area contributed by atoms with Crippen LogP contribution in [0.3, 0.4) is 0 Å². The molecule has 0 atom stereocenters. The van der Waals surface area contributed by atoms with E-state index < -0.39 is 5.97 Å². The average Bonchev–Trinajstić information content (AvgIpc) is 3.10. The van der Waals surface area contributed by atoms with Crippen molar-refractivity contribution in [3.8, 4) is 5.75 Å². The molecule has 6 heteroatoms. The van der Waals surface area contributed by atoms with Crippen LogP contribution in [0.5, 0.6) is 5.75 Å². The van der Waals surface area contributed by atoms with E-state index in [1.54, 1.807) is 36.4 Å². The van der Waals surface area contributed by atoms with Gasteiger partial charge in [-0.05, 0) is 43.2 Å². The Hall–Kier alpha value is -3.15. The van der Waals surface area contributed by atoms with Gasteiger partial charge in [0, 0.05) is 19.5 Å². The summed E-state index contributed by atoms with van der Waals surface area (Å²) in [4.78, 5) is 37.2. The van der Waals surface area contributed by atoms with Crippen LogP contribution in [-0.4, -0.2) is 42.3 Å². The van der Waals surface area contributed by atoms with Gasteiger partial charge < -0.3 is 14.4 Å². The number of hydrogen-bond donors (Lipinski definition) is 0. The smallest absolute Gasteiger partial charge is 0.338 e. The van der Waals surface area contributed by atoms with E-state index in [4.69, 9.17) is 9.47 Å². The summed E-state index contributed by atoms with van der Waals surface area (Å²) in [6.07, 6.45) is 1.52. The molecular weight excluding hydrogens is 358 g/mol. The van der Waals surface area contributed by atoms with Crippen LogP contribution in [-0.2, 0) is 16.1 Å². The Balaban J connectivity index is 1.46. The number of benzene rings is 2. The van der Waals surface area contributed by atoms with E-state index in [1.807, 2.05) is 17.0 Å².